The number of imide groups is 1. The minimum atomic E-state index is -0.265. The second kappa shape index (κ2) is 11.8. The lowest BCUT2D eigenvalue weighted by Gasteiger charge is -2.14. The quantitative estimate of drug-likeness (QED) is 0.289. The van der Waals surface area contributed by atoms with Crippen molar-refractivity contribution in [1.82, 2.24) is 4.90 Å². The first-order valence-corrected chi connectivity index (χ1v) is 7.87. The maximum atomic E-state index is 11.6. The third kappa shape index (κ3) is 7.93. The molecule has 6 heteroatoms. The molecule has 128 valence electrons. The van der Waals surface area contributed by atoms with Crippen LogP contribution in [0.25, 0.3) is 0 Å². The molecule has 1 aliphatic heterocycles. The van der Waals surface area contributed by atoms with E-state index in [0.29, 0.717) is 45.2 Å². The summed E-state index contributed by atoms with van der Waals surface area (Å²) in [7, 11) is 0. The highest BCUT2D eigenvalue weighted by Gasteiger charge is 2.27. The Bertz CT molecular complexity index is 452. The van der Waals surface area contributed by atoms with Crippen molar-refractivity contribution in [2.75, 3.05) is 46.2 Å². The van der Waals surface area contributed by atoms with E-state index in [-0.39, 0.29) is 18.4 Å². The number of terminal acetylenes is 1. The van der Waals surface area contributed by atoms with Crippen molar-refractivity contribution in [2.45, 2.75) is 26.2 Å². The molecule has 23 heavy (non-hydrogen) atoms. The summed E-state index contributed by atoms with van der Waals surface area (Å²) in [5, 5.41) is 0. The van der Waals surface area contributed by atoms with Gasteiger partial charge in [0.15, 0.2) is 0 Å². The molecule has 0 aromatic carbocycles. The third-order valence-corrected chi connectivity index (χ3v) is 3.28. The summed E-state index contributed by atoms with van der Waals surface area (Å²) in [4.78, 5) is 24.3. The molecule has 0 bridgehead atoms. The van der Waals surface area contributed by atoms with Crippen LogP contribution in [0.15, 0.2) is 11.6 Å². The zero-order valence-electron chi connectivity index (χ0n) is 13.7. The van der Waals surface area contributed by atoms with E-state index in [4.69, 9.17) is 20.6 Å². The minimum Gasteiger partial charge on any atom is -0.379 e. The van der Waals surface area contributed by atoms with Crippen LogP contribution in [0.1, 0.15) is 26.2 Å². The fraction of sp³-hybridized carbons (Fsp3) is 0.647. The zero-order chi connectivity index (χ0) is 16.9. The van der Waals surface area contributed by atoms with Crippen LogP contribution in [-0.2, 0) is 23.8 Å². The number of amides is 2. The molecule has 0 aromatic heterocycles. The van der Waals surface area contributed by atoms with Crippen LogP contribution in [-0.4, -0.2) is 62.9 Å². The summed E-state index contributed by atoms with van der Waals surface area (Å²) in [6, 6.07) is 0. The molecule has 0 spiro atoms. The molecule has 6 nitrogen and oxygen atoms in total. The largest absolute Gasteiger partial charge is 0.379 e. The monoisotopic (exact) mass is 323 g/mol. The van der Waals surface area contributed by atoms with Gasteiger partial charge in [0.2, 0.25) is 0 Å². The van der Waals surface area contributed by atoms with Crippen molar-refractivity contribution >= 4 is 11.8 Å². The van der Waals surface area contributed by atoms with Crippen LogP contribution < -0.4 is 0 Å². The van der Waals surface area contributed by atoms with Crippen LogP contribution in [0.3, 0.4) is 0 Å². The Morgan fingerprint density at radius 1 is 1.00 bits per heavy atom. The molecule has 0 fully saturated rings. The van der Waals surface area contributed by atoms with Gasteiger partial charge in [-0.3, -0.25) is 14.5 Å². The van der Waals surface area contributed by atoms with Gasteiger partial charge in [0, 0.05) is 24.9 Å². The Morgan fingerprint density at radius 2 is 1.65 bits per heavy atom. The molecule has 0 saturated heterocycles. The molecule has 0 atom stereocenters. The van der Waals surface area contributed by atoms with Crippen LogP contribution in [0.2, 0.25) is 0 Å². The highest BCUT2D eigenvalue weighted by molar-refractivity contribution is 6.15. The summed E-state index contributed by atoms with van der Waals surface area (Å²) in [6.07, 6.45) is 9.41. The van der Waals surface area contributed by atoms with Crippen LogP contribution in [0.5, 0.6) is 0 Å². The summed E-state index contributed by atoms with van der Waals surface area (Å²) in [5.41, 5.74) is 0.475. The van der Waals surface area contributed by atoms with E-state index in [0.717, 1.165) is 19.3 Å². The average Bonchev–Trinajstić information content (AvgIpc) is 2.77. The molecule has 0 radical (unpaired) electrons. The average molecular weight is 323 g/mol. The van der Waals surface area contributed by atoms with Crippen molar-refractivity contribution in [2.24, 2.45) is 0 Å². The molecular weight excluding hydrogens is 298 g/mol. The number of unbranched alkanes of at least 4 members (excludes halogenated alkanes) is 2. The van der Waals surface area contributed by atoms with Gasteiger partial charge in [0.25, 0.3) is 11.8 Å². The van der Waals surface area contributed by atoms with Crippen molar-refractivity contribution in [3.05, 3.63) is 11.6 Å². The topological polar surface area (TPSA) is 65.1 Å². The first-order valence-electron chi connectivity index (χ1n) is 7.87. The molecule has 0 unspecified atom stereocenters. The second-order valence-corrected chi connectivity index (χ2v) is 5.16. The van der Waals surface area contributed by atoms with Gasteiger partial charge >= 0.3 is 0 Å². The van der Waals surface area contributed by atoms with Gasteiger partial charge in [-0.2, -0.15) is 0 Å². The molecule has 0 aromatic rings. The lowest BCUT2D eigenvalue weighted by Crippen LogP contribution is -2.34. The van der Waals surface area contributed by atoms with Crippen molar-refractivity contribution < 1.29 is 23.8 Å². The standard InChI is InChI=1S/C17H25NO5/c1-3-8-21-9-5-4-6-10-22-12-13-23-11-7-18-16(19)14-15(2)17(18)20/h1,14H,4-13H2,2H3. The molecular formula is C17H25NO5. The number of hydrogen-bond acceptors (Lipinski definition) is 5. The number of rotatable bonds is 13. The number of hydrogen-bond donors (Lipinski definition) is 0. The summed E-state index contributed by atoms with van der Waals surface area (Å²) in [6.45, 7) is 4.95. The highest BCUT2D eigenvalue weighted by Crippen LogP contribution is 2.10. The van der Waals surface area contributed by atoms with E-state index in [9.17, 15) is 9.59 Å². The van der Waals surface area contributed by atoms with Gasteiger partial charge in [-0.15, -0.1) is 6.42 Å². The minimum absolute atomic E-state index is 0.235. The normalized spacial score (nSPS) is 14.3. The smallest absolute Gasteiger partial charge is 0.256 e. The van der Waals surface area contributed by atoms with Crippen molar-refractivity contribution in [3.8, 4) is 12.3 Å². The molecule has 1 aliphatic rings. The second-order valence-electron chi connectivity index (χ2n) is 5.16. The fourth-order valence-corrected chi connectivity index (χ4v) is 2.04. The Kier molecular flexibility index (Phi) is 9.96. The third-order valence-electron chi connectivity index (χ3n) is 3.28. The fourth-order valence-electron chi connectivity index (χ4n) is 2.04. The highest BCUT2D eigenvalue weighted by atomic mass is 16.5. The van der Waals surface area contributed by atoms with Crippen LogP contribution in [0, 0.1) is 12.3 Å². The van der Waals surface area contributed by atoms with E-state index in [1.54, 1.807) is 6.92 Å². The van der Waals surface area contributed by atoms with Gasteiger partial charge in [-0.25, -0.2) is 0 Å². The Morgan fingerprint density at radius 3 is 2.26 bits per heavy atom. The summed E-state index contributed by atoms with van der Waals surface area (Å²) >= 11 is 0. The number of ether oxygens (including phenoxy) is 3. The lowest BCUT2D eigenvalue weighted by atomic mass is 10.2. The van der Waals surface area contributed by atoms with E-state index in [1.807, 2.05) is 0 Å². The first kappa shape index (κ1) is 19.4. The maximum absolute atomic E-state index is 11.6. The van der Waals surface area contributed by atoms with Crippen molar-refractivity contribution in [3.63, 3.8) is 0 Å². The zero-order valence-corrected chi connectivity index (χ0v) is 13.7. The van der Waals surface area contributed by atoms with Crippen LogP contribution in [0.4, 0.5) is 0 Å². The molecule has 2 amide bonds. The number of nitrogens with zero attached hydrogens (tertiary/aromatic N) is 1. The van der Waals surface area contributed by atoms with E-state index in [1.165, 1.54) is 11.0 Å². The molecule has 0 N–H and O–H groups in total. The Hall–Kier alpha value is -1.68. The van der Waals surface area contributed by atoms with Crippen LogP contribution >= 0.6 is 0 Å². The summed E-state index contributed by atoms with van der Waals surface area (Å²) in [5.74, 6) is 1.92. The van der Waals surface area contributed by atoms with Gasteiger partial charge in [0.1, 0.15) is 6.61 Å². The van der Waals surface area contributed by atoms with Crippen molar-refractivity contribution in [1.29, 1.82) is 0 Å². The molecule has 1 heterocycles. The van der Waals surface area contributed by atoms with E-state index < -0.39 is 0 Å². The SMILES string of the molecule is C#CCOCCCCCOCCOCCN1C(=O)C=C(C)C1=O. The van der Waals surface area contributed by atoms with Gasteiger partial charge < -0.3 is 14.2 Å². The number of carbonyl (C=O) groups is 2. The van der Waals surface area contributed by atoms with E-state index >= 15 is 0 Å². The van der Waals surface area contributed by atoms with Gasteiger partial charge in [-0.05, 0) is 26.2 Å². The Labute approximate surface area is 137 Å². The van der Waals surface area contributed by atoms with Gasteiger partial charge in [0.05, 0.1) is 26.4 Å². The molecule has 0 aliphatic carbocycles. The first-order chi connectivity index (χ1) is 11.2. The predicted molar refractivity (Wildman–Crippen MR) is 85.6 cm³/mol. The Balaban J connectivity index is 1.85. The summed E-state index contributed by atoms with van der Waals surface area (Å²) < 4.78 is 16.0. The van der Waals surface area contributed by atoms with Gasteiger partial charge in [-0.1, -0.05) is 5.92 Å². The maximum Gasteiger partial charge on any atom is 0.256 e. The van der Waals surface area contributed by atoms with E-state index in [2.05, 4.69) is 5.92 Å². The predicted octanol–water partition coefficient (Wildman–Crippen LogP) is 1.15. The number of carbonyl (C=O) groups excluding carboxylic acids is 2. The molecule has 0 saturated carbocycles. The lowest BCUT2D eigenvalue weighted by molar-refractivity contribution is -0.138. The molecule has 1 rings (SSSR count).